The highest BCUT2D eigenvalue weighted by atomic mass is 16.3. The molecule has 2 rings (SSSR count). The van der Waals surface area contributed by atoms with E-state index in [4.69, 9.17) is 10.8 Å². The van der Waals surface area contributed by atoms with Crippen LogP contribution in [0.3, 0.4) is 0 Å². The molecule has 1 heterocycles. The highest BCUT2D eigenvalue weighted by Crippen LogP contribution is 2.28. The molecule has 0 aliphatic heterocycles. The Labute approximate surface area is 96.8 Å². The van der Waals surface area contributed by atoms with E-state index in [1.54, 1.807) is 0 Å². The molecule has 0 radical (unpaired) electrons. The van der Waals surface area contributed by atoms with Gasteiger partial charge in [0.1, 0.15) is 12.2 Å². The second-order valence-corrected chi connectivity index (χ2v) is 3.90. The zero-order valence-corrected chi connectivity index (χ0v) is 8.89. The van der Waals surface area contributed by atoms with Crippen molar-refractivity contribution in [3.8, 4) is 0 Å². The van der Waals surface area contributed by atoms with Crippen LogP contribution in [-0.4, -0.2) is 49.8 Å². The number of aliphatic hydroxyl groups is 3. The molecule has 1 amide bonds. The zero-order valence-electron chi connectivity index (χ0n) is 8.89. The van der Waals surface area contributed by atoms with Crippen molar-refractivity contribution in [3.63, 3.8) is 0 Å². The van der Waals surface area contributed by atoms with E-state index >= 15 is 0 Å². The molecule has 3 atom stereocenters. The quantitative estimate of drug-likeness (QED) is 0.462. The Bertz CT molecular complexity index is 468. The summed E-state index contributed by atoms with van der Waals surface area (Å²) in [5.41, 5.74) is 5.63. The van der Waals surface area contributed by atoms with Crippen LogP contribution in [0.1, 0.15) is 16.4 Å². The molecule has 0 saturated carbocycles. The van der Waals surface area contributed by atoms with Crippen molar-refractivity contribution in [2.24, 2.45) is 5.73 Å². The van der Waals surface area contributed by atoms with Gasteiger partial charge in [0.05, 0.1) is 24.4 Å². The maximum atomic E-state index is 10.9. The van der Waals surface area contributed by atoms with Crippen LogP contribution >= 0.6 is 0 Å². The number of hydrogen-bond donors (Lipinski definition) is 4. The molecule has 92 valence electrons. The fourth-order valence-corrected chi connectivity index (χ4v) is 1.83. The van der Waals surface area contributed by atoms with Crippen LogP contribution in [0, 0.1) is 0 Å². The van der Waals surface area contributed by atoms with E-state index < -0.39 is 24.2 Å². The van der Waals surface area contributed by atoms with E-state index in [1.165, 1.54) is 23.2 Å². The molecular formula is C10H13N3O4. The first kappa shape index (κ1) is 11.8. The van der Waals surface area contributed by atoms with Gasteiger partial charge in [-0.3, -0.25) is 9.48 Å². The van der Waals surface area contributed by atoms with Crippen LogP contribution < -0.4 is 5.73 Å². The van der Waals surface area contributed by atoms with Crippen LogP contribution in [-0.2, 0) is 0 Å². The summed E-state index contributed by atoms with van der Waals surface area (Å²) in [6, 6.07) is -0.611. The molecule has 7 heteroatoms. The van der Waals surface area contributed by atoms with Crippen LogP contribution in [0.4, 0.5) is 0 Å². The van der Waals surface area contributed by atoms with Gasteiger partial charge in [0.2, 0.25) is 0 Å². The molecule has 5 N–H and O–H groups in total. The number of carbonyl (C=O) groups is 1. The van der Waals surface area contributed by atoms with Gasteiger partial charge in [0.15, 0.2) is 0 Å². The normalized spacial score (nSPS) is 28.2. The molecule has 1 aromatic heterocycles. The molecular weight excluding hydrogens is 226 g/mol. The Hall–Kier alpha value is -1.70. The summed E-state index contributed by atoms with van der Waals surface area (Å²) < 4.78 is 1.33. The van der Waals surface area contributed by atoms with E-state index in [9.17, 15) is 15.0 Å². The van der Waals surface area contributed by atoms with Crippen LogP contribution in [0.2, 0.25) is 0 Å². The smallest absolute Gasteiger partial charge is 0.251 e. The average Bonchev–Trinajstić information content (AvgIpc) is 2.87. The number of aliphatic hydroxyl groups excluding tert-OH is 3. The molecule has 0 spiro atoms. The minimum Gasteiger partial charge on any atom is -0.392 e. The van der Waals surface area contributed by atoms with Gasteiger partial charge in [-0.25, -0.2) is 0 Å². The predicted octanol–water partition coefficient (Wildman–Crippen LogP) is -1.82. The fourth-order valence-electron chi connectivity index (χ4n) is 1.83. The third-order valence-electron chi connectivity index (χ3n) is 2.81. The standard InChI is InChI=1S/C10H13N3O4/c11-10(17)6-2-12-13(3-6)7-1-5(4-14)8(15)9(7)16/h1-3,7-9,14-16H,4H2,(H2,11,17)/t7-,8?,9?/m1/s1. The summed E-state index contributed by atoms with van der Waals surface area (Å²) in [4.78, 5) is 10.9. The molecule has 1 aliphatic carbocycles. The topological polar surface area (TPSA) is 122 Å². The van der Waals surface area contributed by atoms with Crippen LogP contribution in [0.15, 0.2) is 24.0 Å². The molecule has 0 bridgehead atoms. The maximum absolute atomic E-state index is 10.9. The lowest BCUT2D eigenvalue weighted by Crippen LogP contribution is -2.30. The SMILES string of the molecule is NC(=O)c1cnn([C@@H]2C=C(CO)C(O)C2O)c1. The number of carbonyl (C=O) groups excluding carboxylic acids is 1. The number of rotatable bonds is 3. The molecule has 7 nitrogen and oxygen atoms in total. The van der Waals surface area contributed by atoms with Crippen molar-refractivity contribution >= 4 is 5.91 Å². The largest absolute Gasteiger partial charge is 0.392 e. The summed E-state index contributed by atoms with van der Waals surface area (Å²) in [5.74, 6) is -0.615. The van der Waals surface area contributed by atoms with E-state index in [-0.39, 0.29) is 12.2 Å². The summed E-state index contributed by atoms with van der Waals surface area (Å²) in [5, 5.41) is 32.2. The molecule has 17 heavy (non-hydrogen) atoms. The fraction of sp³-hybridized carbons (Fsp3) is 0.400. The van der Waals surface area contributed by atoms with Gasteiger partial charge in [0, 0.05) is 6.20 Å². The van der Waals surface area contributed by atoms with Gasteiger partial charge in [-0.15, -0.1) is 0 Å². The van der Waals surface area contributed by atoms with Crippen molar-refractivity contribution in [2.45, 2.75) is 18.2 Å². The first-order valence-corrected chi connectivity index (χ1v) is 5.06. The highest BCUT2D eigenvalue weighted by molar-refractivity contribution is 5.92. The molecule has 2 unspecified atom stereocenters. The molecule has 1 aromatic rings. The third kappa shape index (κ3) is 1.95. The lowest BCUT2D eigenvalue weighted by atomic mass is 10.1. The Morgan fingerprint density at radius 2 is 2.24 bits per heavy atom. The minimum atomic E-state index is -1.12. The van der Waals surface area contributed by atoms with E-state index in [0.717, 1.165) is 0 Å². The zero-order chi connectivity index (χ0) is 12.6. The van der Waals surface area contributed by atoms with Crippen LogP contribution in [0.25, 0.3) is 0 Å². The van der Waals surface area contributed by atoms with E-state index in [2.05, 4.69) is 5.10 Å². The van der Waals surface area contributed by atoms with Crippen molar-refractivity contribution in [1.82, 2.24) is 9.78 Å². The Balaban J connectivity index is 2.28. The van der Waals surface area contributed by atoms with Gasteiger partial charge in [-0.05, 0) is 5.57 Å². The second-order valence-electron chi connectivity index (χ2n) is 3.90. The lowest BCUT2D eigenvalue weighted by molar-refractivity contribution is 0.0256. The number of nitrogens with zero attached hydrogens (tertiary/aromatic N) is 2. The van der Waals surface area contributed by atoms with Crippen molar-refractivity contribution in [3.05, 3.63) is 29.6 Å². The first-order valence-electron chi connectivity index (χ1n) is 5.06. The van der Waals surface area contributed by atoms with Gasteiger partial charge in [0.25, 0.3) is 5.91 Å². The summed E-state index contributed by atoms with van der Waals surface area (Å²) in [7, 11) is 0. The summed E-state index contributed by atoms with van der Waals surface area (Å²) in [6.07, 6.45) is 1.98. The van der Waals surface area contributed by atoms with E-state index in [1.807, 2.05) is 0 Å². The third-order valence-corrected chi connectivity index (χ3v) is 2.81. The van der Waals surface area contributed by atoms with Gasteiger partial charge < -0.3 is 21.1 Å². The number of hydrogen-bond acceptors (Lipinski definition) is 5. The highest BCUT2D eigenvalue weighted by Gasteiger charge is 2.35. The molecule has 0 saturated heterocycles. The number of primary amides is 1. The van der Waals surface area contributed by atoms with Crippen molar-refractivity contribution < 1.29 is 20.1 Å². The van der Waals surface area contributed by atoms with Crippen molar-refractivity contribution in [2.75, 3.05) is 6.61 Å². The Kier molecular flexibility index (Phi) is 2.97. The average molecular weight is 239 g/mol. The Morgan fingerprint density at radius 1 is 1.53 bits per heavy atom. The minimum absolute atomic E-state index is 0.220. The van der Waals surface area contributed by atoms with Crippen molar-refractivity contribution in [1.29, 1.82) is 0 Å². The number of amides is 1. The lowest BCUT2D eigenvalue weighted by Gasteiger charge is -2.17. The van der Waals surface area contributed by atoms with Crippen LogP contribution in [0.5, 0.6) is 0 Å². The van der Waals surface area contributed by atoms with Gasteiger partial charge in [-0.2, -0.15) is 5.10 Å². The van der Waals surface area contributed by atoms with Gasteiger partial charge in [-0.1, -0.05) is 6.08 Å². The molecule has 0 fully saturated rings. The number of nitrogens with two attached hydrogens (primary N) is 1. The number of aromatic nitrogens is 2. The molecule has 1 aliphatic rings. The summed E-state index contributed by atoms with van der Waals surface area (Å²) in [6.45, 7) is -0.335. The second kappa shape index (κ2) is 4.28. The monoisotopic (exact) mass is 239 g/mol. The predicted molar refractivity (Wildman–Crippen MR) is 57.0 cm³/mol. The molecule has 0 aromatic carbocycles. The summed E-state index contributed by atoms with van der Waals surface area (Å²) >= 11 is 0. The Morgan fingerprint density at radius 3 is 2.71 bits per heavy atom. The van der Waals surface area contributed by atoms with E-state index in [0.29, 0.717) is 5.57 Å². The first-order chi connectivity index (χ1) is 8.04. The maximum Gasteiger partial charge on any atom is 0.251 e. The van der Waals surface area contributed by atoms with Gasteiger partial charge >= 0.3 is 0 Å².